The first-order valence-corrected chi connectivity index (χ1v) is 8.04. The summed E-state index contributed by atoms with van der Waals surface area (Å²) in [5, 5.41) is 1.25. The van der Waals surface area contributed by atoms with E-state index in [0.29, 0.717) is 11.8 Å². The van der Waals surface area contributed by atoms with E-state index in [1.54, 1.807) is 0 Å². The molecule has 1 aromatic heterocycles. The average Bonchev–Trinajstić information content (AvgIpc) is 2.50. The molecule has 1 aliphatic rings. The van der Waals surface area contributed by atoms with Crippen molar-refractivity contribution >= 4 is 34.1 Å². The molecule has 1 saturated heterocycles. The molecular weight excluding hydrogens is 323 g/mol. The van der Waals surface area contributed by atoms with E-state index < -0.39 is 0 Å². The fourth-order valence-corrected chi connectivity index (χ4v) is 2.95. The van der Waals surface area contributed by atoms with Gasteiger partial charge in [0.1, 0.15) is 17.5 Å². The van der Waals surface area contributed by atoms with E-state index in [0.717, 1.165) is 49.4 Å². The summed E-state index contributed by atoms with van der Waals surface area (Å²) in [7, 11) is 2.15. The summed E-state index contributed by atoms with van der Waals surface area (Å²) in [6, 6.07) is 5.59. The smallest absolute Gasteiger partial charge is 0.224 e. The van der Waals surface area contributed by atoms with Crippen molar-refractivity contribution in [2.75, 3.05) is 46.4 Å². The maximum atomic E-state index is 6.10. The molecule has 22 heavy (non-hydrogen) atoms. The molecule has 0 N–H and O–H groups in total. The highest BCUT2D eigenvalue weighted by atomic mass is 35.5. The van der Waals surface area contributed by atoms with Crippen molar-refractivity contribution in [3.8, 4) is 5.75 Å². The molecule has 0 aliphatic carbocycles. The zero-order valence-corrected chi connectivity index (χ0v) is 13.9. The van der Waals surface area contributed by atoms with Gasteiger partial charge in [-0.3, -0.25) is 4.90 Å². The molecule has 0 spiro atoms. The molecule has 5 nitrogen and oxygen atoms in total. The van der Waals surface area contributed by atoms with Crippen LogP contribution in [0, 0.1) is 0 Å². The molecule has 0 saturated carbocycles. The zero-order valence-electron chi connectivity index (χ0n) is 12.4. The number of halogens is 2. The molecule has 0 radical (unpaired) electrons. The Hall–Kier alpha value is -1.14. The molecule has 1 aliphatic heterocycles. The van der Waals surface area contributed by atoms with Crippen molar-refractivity contribution in [1.29, 1.82) is 0 Å². The second-order valence-electron chi connectivity index (χ2n) is 5.46. The number of nitrogens with zero attached hydrogens (tertiary/aromatic N) is 4. The number of hydrogen-bond acceptors (Lipinski definition) is 5. The molecule has 118 valence electrons. The number of ether oxygens (including phenoxy) is 1. The minimum Gasteiger partial charge on any atom is -0.492 e. The first-order chi connectivity index (χ1) is 10.6. The minimum atomic E-state index is 0.154. The van der Waals surface area contributed by atoms with Crippen molar-refractivity contribution < 1.29 is 4.74 Å². The van der Waals surface area contributed by atoms with Crippen molar-refractivity contribution in [3.05, 3.63) is 28.6 Å². The molecule has 1 fully saturated rings. The van der Waals surface area contributed by atoms with Gasteiger partial charge in [-0.2, -0.15) is 0 Å². The highest BCUT2D eigenvalue weighted by molar-refractivity contribution is 6.35. The third-order valence-electron chi connectivity index (χ3n) is 3.87. The van der Waals surface area contributed by atoms with E-state index in [-0.39, 0.29) is 5.28 Å². The summed E-state index contributed by atoms with van der Waals surface area (Å²) >= 11 is 11.9. The highest BCUT2D eigenvalue weighted by Gasteiger charge is 2.13. The summed E-state index contributed by atoms with van der Waals surface area (Å²) in [5.41, 5.74) is 0.719. The molecule has 2 aromatic rings. The van der Waals surface area contributed by atoms with Crippen molar-refractivity contribution in [2.45, 2.75) is 0 Å². The summed E-state index contributed by atoms with van der Waals surface area (Å²) < 4.78 is 5.83. The second-order valence-corrected chi connectivity index (χ2v) is 6.15. The number of piperazine rings is 1. The Morgan fingerprint density at radius 1 is 1.14 bits per heavy atom. The van der Waals surface area contributed by atoms with Crippen molar-refractivity contribution in [1.82, 2.24) is 19.8 Å². The standard InChI is InChI=1S/C15H18Cl2N4O/c1-20-4-6-21(7-5-20)8-9-22-11-2-3-13-12(10-11)14(16)19-15(17)18-13/h2-3,10H,4-9H2,1H3. The quantitative estimate of drug-likeness (QED) is 0.632. The lowest BCUT2D eigenvalue weighted by molar-refractivity contribution is 0.134. The maximum Gasteiger partial charge on any atom is 0.224 e. The van der Waals surface area contributed by atoms with Gasteiger partial charge >= 0.3 is 0 Å². The van der Waals surface area contributed by atoms with Crippen LogP contribution in [0.4, 0.5) is 0 Å². The molecule has 0 bridgehead atoms. The van der Waals surface area contributed by atoms with E-state index in [9.17, 15) is 0 Å². The lowest BCUT2D eigenvalue weighted by Gasteiger charge is -2.32. The van der Waals surface area contributed by atoms with Gasteiger partial charge in [0.15, 0.2) is 0 Å². The third-order valence-corrected chi connectivity index (χ3v) is 4.32. The van der Waals surface area contributed by atoms with Gasteiger partial charge in [0.05, 0.1) is 5.52 Å². The van der Waals surface area contributed by atoms with E-state index in [1.165, 1.54) is 0 Å². The van der Waals surface area contributed by atoms with Crippen LogP contribution >= 0.6 is 23.2 Å². The van der Waals surface area contributed by atoms with Gasteiger partial charge in [-0.1, -0.05) is 11.6 Å². The summed E-state index contributed by atoms with van der Waals surface area (Å²) in [4.78, 5) is 12.8. The SMILES string of the molecule is CN1CCN(CCOc2ccc3nc(Cl)nc(Cl)c3c2)CC1. The van der Waals surface area contributed by atoms with E-state index >= 15 is 0 Å². The molecule has 0 amide bonds. The molecule has 0 unspecified atom stereocenters. The second kappa shape index (κ2) is 6.96. The number of likely N-dealkylation sites (N-methyl/N-ethyl adjacent to an activating group) is 1. The molecule has 3 rings (SSSR count). The van der Waals surface area contributed by atoms with Crippen LogP contribution in [0.2, 0.25) is 10.4 Å². The Morgan fingerprint density at radius 2 is 1.91 bits per heavy atom. The van der Waals surface area contributed by atoms with Crippen LogP contribution in [0.15, 0.2) is 18.2 Å². The molecule has 2 heterocycles. The van der Waals surface area contributed by atoms with Crippen LogP contribution in [0.5, 0.6) is 5.75 Å². The van der Waals surface area contributed by atoms with Gasteiger partial charge in [-0.15, -0.1) is 0 Å². The summed E-state index contributed by atoms with van der Waals surface area (Å²) in [6.45, 7) is 6.00. The normalized spacial score (nSPS) is 17.0. The van der Waals surface area contributed by atoms with Crippen molar-refractivity contribution in [3.63, 3.8) is 0 Å². The molecule has 1 aromatic carbocycles. The number of fused-ring (bicyclic) bond motifs is 1. The van der Waals surface area contributed by atoms with E-state index in [2.05, 4.69) is 26.8 Å². The fraction of sp³-hybridized carbons (Fsp3) is 0.467. The number of hydrogen-bond donors (Lipinski definition) is 0. The molecule has 7 heteroatoms. The number of aromatic nitrogens is 2. The Balaban J connectivity index is 1.60. The first-order valence-electron chi connectivity index (χ1n) is 7.28. The van der Waals surface area contributed by atoms with Gasteiger partial charge in [0.25, 0.3) is 0 Å². The van der Waals surface area contributed by atoms with Gasteiger partial charge in [-0.05, 0) is 36.8 Å². The van der Waals surface area contributed by atoms with Gasteiger partial charge in [0, 0.05) is 38.1 Å². The van der Waals surface area contributed by atoms with Gasteiger partial charge in [0.2, 0.25) is 5.28 Å². The lowest BCUT2D eigenvalue weighted by Crippen LogP contribution is -2.45. The van der Waals surface area contributed by atoms with Crippen LogP contribution < -0.4 is 4.74 Å². The Morgan fingerprint density at radius 3 is 2.68 bits per heavy atom. The fourth-order valence-electron chi connectivity index (χ4n) is 2.50. The van der Waals surface area contributed by atoms with Gasteiger partial charge < -0.3 is 9.64 Å². The first kappa shape index (κ1) is 15.7. The van der Waals surface area contributed by atoms with Crippen LogP contribution in [-0.2, 0) is 0 Å². The highest BCUT2D eigenvalue weighted by Crippen LogP contribution is 2.26. The summed E-state index contributed by atoms with van der Waals surface area (Å²) in [5.74, 6) is 0.773. The predicted octanol–water partition coefficient (Wildman–Crippen LogP) is 2.56. The predicted molar refractivity (Wildman–Crippen MR) is 89.0 cm³/mol. The van der Waals surface area contributed by atoms with Crippen LogP contribution in [0.1, 0.15) is 0 Å². The number of benzene rings is 1. The zero-order chi connectivity index (χ0) is 15.5. The number of rotatable bonds is 4. The topological polar surface area (TPSA) is 41.5 Å². The lowest BCUT2D eigenvalue weighted by atomic mass is 10.2. The van der Waals surface area contributed by atoms with Crippen molar-refractivity contribution in [2.24, 2.45) is 0 Å². The van der Waals surface area contributed by atoms with Gasteiger partial charge in [-0.25, -0.2) is 9.97 Å². The molecule has 0 atom stereocenters. The average molecular weight is 341 g/mol. The largest absolute Gasteiger partial charge is 0.492 e. The van der Waals surface area contributed by atoms with E-state index in [4.69, 9.17) is 27.9 Å². The van der Waals surface area contributed by atoms with E-state index in [1.807, 2.05) is 18.2 Å². The monoisotopic (exact) mass is 340 g/mol. The van der Waals surface area contributed by atoms with Crippen LogP contribution in [0.3, 0.4) is 0 Å². The molecular formula is C15H18Cl2N4O. The Bertz CT molecular complexity index is 659. The van der Waals surface area contributed by atoms with Crippen LogP contribution in [0.25, 0.3) is 10.9 Å². The Kier molecular flexibility index (Phi) is 4.98. The maximum absolute atomic E-state index is 6.10. The Labute approximate surface area is 139 Å². The summed E-state index contributed by atoms with van der Waals surface area (Å²) in [6.07, 6.45) is 0. The minimum absolute atomic E-state index is 0.154. The third kappa shape index (κ3) is 3.79. The van der Waals surface area contributed by atoms with Crippen LogP contribution in [-0.4, -0.2) is 66.1 Å².